The van der Waals surface area contributed by atoms with Crippen LogP contribution in [0.25, 0.3) is 16.9 Å². The van der Waals surface area contributed by atoms with Gasteiger partial charge >= 0.3 is 0 Å². The first-order valence-corrected chi connectivity index (χ1v) is 10.6. The third kappa shape index (κ3) is 3.83. The smallest absolute Gasteiger partial charge is 0.276 e. The molecule has 0 bridgehead atoms. The third-order valence-electron chi connectivity index (χ3n) is 5.82. The van der Waals surface area contributed by atoms with Crippen molar-refractivity contribution in [3.8, 4) is 17.3 Å². The molecule has 0 radical (unpaired) electrons. The quantitative estimate of drug-likeness (QED) is 0.667. The van der Waals surface area contributed by atoms with Gasteiger partial charge in [0, 0.05) is 23.4 Å². The van der Waals surface area contributed by atoms with Gasteiger partial charge in [-0.2, -0.15) is 5.26 Å². The summed E-state index contributed by atoms with van der Waals surface area (Å²) in [6, 6.07) is 6.23. The molecule has 1 aliphatic carbocycles. The lowest BCUT2D eigenvalue weighted by atomic mass is 9.94. The minimum Gasteiger partial charge on any atom is -0.349 e. The van der Waals surface area contributed by atoms with Crippen molar-refractivity contribution in [1.82, 2.24) is 19.9 Å². The second kappa shape index (κ2) is 8.34. The zero-order valence-electron chi connectivity index (χ0n) is 17.5. The number of amides is 1. The fourth-order valence-corrected chi connectivity index (χ4v) is 4.21. The normalized spacial score (nSPS) is 14.7. The van der Waals surface area contributed by atoms with Gasteiger partial charge in [0.25, 0.3) is 11.5 Å². The summed E-state index contributed by atoms with van der Waals surface area (Å²) in [6.07, 6.45) is 6.47. The highest BCUT2D eigenvalue weighted by atomic mass is 19.1. The minimum atomic E-state index is -0.625. The Morgan fingerprint density at radius 3 is 2.74 bits per heavy atom. The molecule has 0 unspecified atom stereocenters. The van der Waals surface area contributed by atoms with Crippen molar-refractivity contribution in [2.75, 3.05) is 0 Å². The van der Waals surface area contributed by atoms with Crippen molar-refractivity contribution in [2.24, 2.45) is 0 Å². The van der Waals surface area contributed by atoms with Gasteiger partial charge in [0.05, 0.1) is 11.3 Å². The van der Waals surface area contributed by atoms with Gasteiger partial charge in [-0.3, -0.25) is 14.7 Å². The lowest BCUT2D eigenvalue weighted by molar-refractivity contribution is 0.0923. The first kappa shape index (κ1) is 20.8. The van der Waals surface area contributed by atoms with E-state index in [2.05, 4.69) is 15.4 Å². The zero-order valence-corrected chi connectivity index (χ0v) is 17.5. The number of rotatable bonds is 4. The van der Waals surface area contributed by atoms with Crippen LogP contribution in [0.15, 0.2) is 29.2 Å². The molecule has 3 aromatic rings. The largest absolute Gasteiger partial charge is 0.349 e. The van der Waals surface area contributed by atoms with Crippen molar-refractivity contribution in [1.29, 1.82) is 5.26 Å². The average Bonchev–Trinajstić information content (AvgIpc) is 3.18. The van der Waals surface area contributed by atoms with Gasteiger partial charge < -0.3 is 5.32 Å². The number of carbonyl (C=O) groups is 1. The number of fused-ring (bicyclic) bond motifs is 1. The molecule has 2 N–H and O–H groups in total. The monoisotopic (exact) mass is 421 g/mol. The van der Waals surface area contributed by atoms with Crippen molar-refractivity contribution in [2.45, 2.75) is 57.9 Å². The first-order chi connectivity index (χ1) is 14.9. The summed E-state index contributed by atoms with van der Waals surface area (Å²) in [5.41, 5.74) is 1.26. The number of benzene rings is 1. The van der Waals surface area contributed by atoms with E-state index in [1.807, 2.05) is 19.9 Å². The number of halogens is 1. The van der Waals surface area contributed by atoms with E-state index >= 15 is 0 Å². The molecule has 1 fully saturated rings. The molecule has 7 nitrogen and oxygen atoms in total. The summed E-state index contributed by atoms with van der Waals surface area (Å²) in [7, 11) is 0. The Balaban J connectivity index is 1.81. The van der Waals surface area contributed by atoms with Gasteiger partial charge in [0.15, 0.2) is 5.65 Å². The number of aromatic nitrogens is 3. The molecule has 1 aliphatic rings. The molecule has 2 aromatic heterocycles. The van der Waals surface area contributed by atoms with Gasteiger partial charge in [-0.15, -0.1) is 0 Å². The fourth-order valence-electron chi connectivity index (χ4n) is 4.21. The summed E-state index contributed by atoms with van der Waals surface area (Å²) in [4.78, 5) is 30.4. The number of H-pyrrole nitrogens is 1. The maximum Gasteiger partial charge on any atom is 0.276 e. The summed E-state index contributed by atoms with van der Waals surface area (Å²) < 4.78 is 15.8. The average molecular weight is 421 g/mol. The Morgan fingerprint density at radius 1 is 1.32 bits per heavy atom. The Morgan fingerprint density at radius 2 is 2.06 bits per heavy atom. The molecular formula is C23H24FN5O2. The van der Waals surface area contributed by atoms with Crippen LogP contribution >= 0.6 is 0 Å². The first-order valence-electron chi connectivity index (χ1n) is 10.6. The Hall–Kier alpha value is -3.47. The number of carbonyl (C=O) groups excluding carboxylic acids is 1. The van der Waals surface area contributed by atoms with Gasteiger partial charge in [-0.1, -0.05) is 33.1 Å². The van der Waals surface area contributed by atoms with Crippen LogP contribution < -0.4 is 10.9 Å². The molecule has 1 aromatic carbocycles. The summed E-state index contributed by atoms with van der Waals surface area (Å²) in [5.74, 6) is -1.26. The lowest BCUT2D eigenvalue weighted by Crippen LogP contribution is -2.36. The predicted octanol–water partition coefficient (Wildman–Crippen LogP) is 3.89. The van der Waals surface area contributed by atoms with Gasteiger partial charge in [-0.25, -0.2) is 13.9 Å². The number of nitriles is 1. The van der Waals surface area contributed by atoms with Crippen LogP contribution in [0.4, 0.5) is 4.39 Å². The molecule has 0 spiro atoms. The number of hydrogen-bond donors (Lipinski definition) is 2. The van der Waals surface area contributed by atoms with Crippen LogP contribution in [-0.2, 0) is 0 Å². The van der Waals surface area contributed by atoms with Crippen LogP contribution in [0.2, 0.25) is 0 Å². The highest BCUT2D eigenvalue weighted by Crippen LogP contribution is 2.28. The van der Waals surface area contributed by atoms with Crippen molar-refractivity contribution in [3.63, 3.8) is 0 Å². The molecule has 1 amide bonds. The van der Waals surface area contributed by atoms with Gasteiger partial charge in [0.1, 0.15) is 17.4 Å². The Bertz CT molecular complexity index is 1250. The Labute approximate surface area is 178 Å². The summed E-state index contributed by atoms with van der Waals surface area (Å²) in [5, 5.41) is 15.0. The summed E-state index contributed by atoms with van der Waals surface area (Å²) in [6.45, 7) is 3.73. The number of aromatic amines is 1. The van der Waals surface area contributed by atoms with E-state index in [4.69, 9.17) is 0 Å². The lowest BCUT2D eigenvalue weighted by Gasteiger charge is -2.23. The van der Waals surface area contributed by atoms with Crippen LogP contribution in [-0.4, -0.2) is 26.5 Å². The Kier molecular flexibility index (Phi) is 5.59. The topological polar surface area (TPSA) is 103 Å². The predicted molar refractivity (Wildman–Crippen MR) is 114 cm³/mol. The van der Waals surface area contributed by atoms with Crippen molar-refractivity contribution >= 4 is 11.6 Å². The van der Waals surface area contributed by atoms with Crippen molar-refractivity contribution < 1.29 is 9.18 Å². The van der Waals surface area contributed by atoms with E-state index in [0.29, 0.717) is 16.8 Å². The van der Waals surface area contributed by atoms with Crippen LogP contribution in [0.3, 0.4) is 0 Å². The van der Waals surface area contributed by atoms with Gasteiger partial charge in [0.2, 0.25) is 0 Å². The molecule has 0 aliphatic heterocycles. The van der Waals surface area contributed by atoms with Crippen molar-refractivity contribution in [3.05, 3.63) is 57.3 Å². The highest BCUT2D eigenvalue weighted by molar-refractivity contribution is 5.96. The minimum absolute atomic E-state index is 0.0488. The molecule has 2 heterocycles. The molecule has 160 valence electrons. The number of nitrogens with one attached hydrogen (secondary N) is 2. The van der Waals surface area contributed by atoms with E-state index in [1.165, 1.54) is 28.9 Å². The molecule has 0 saturated heterocycles. The number of nitrogens with zero attached hydrogens (tertiary/aromatic N) is 3. The molecule has 31 heavy (non-hydrogen) atoms. The van der Waals surface area contributed by atoms with E-state index in [1.54, 1.807) is 0 Å². The van der Waals surface area contributed by atoms with Crippen LogP contribution in [0.5, 0.6) is 0 Å². The maximum atomic E-state index is 14.6. The maximum absolute atomic E-state index is 14.6. The zero-order chi connectivity index (χ0) is 22.1. The molecule has 0 atom stereocenters. The molecule has 1 saturated carbocycles. The summed E-state index contributed by atoms with van der Waals surface area (Å²) >= 11 is 0. The second-order valence-electron chi connectivity index (χ2n) is 8.29. The van der Waals surface area contributed by atoms with E-state index in [9.17, 15) is 19.2 Å². The third-order valence-corrected chi connectivity index (χ3v) is 5.82. The van der Waals surface area contributed by atoms with E-state index in [-0.39, 0.29) is 34.3 Å². The highest BCUT2D eigenvalue weighted by Gasteiger charge is 2.23. The molecule has 8 heteroatoms. The van der Waals surface area contributed by atoms with Gasteiger partial charge in [-0.05, 0) is 37.0 Å². The second-order valence-corrected chi connectivity index (χ2v) is 8.29. The molecular weight excluding hydrogens is 397 g/mol. The fraction of sp³-hybridized carbons (Fsp3) is 0.391. The number of hydrogen-bond acceptors (Lipinski definition) is 4. The molecule has 4 rings (SSSR count). The van der Waals surface area contributed by atoms with Crippen LogP contribution in [0, 0.1) is 17.1 Å². The van der Waals surface area contributed by atoms with Crippen LogP contribution in [0.1, 0.15) is 73.4 Å². The standard InChI is InChI=1S/C23H24FN5O2/c1-13(2)19-20(28-21-15(11-25)12-26-29(21)23(19)31)14-8-9-18(24)17(10-14)22(30)27-16-6-4-3-5-7-16/h8-10,12-13,16,26H,3-7H2,1-2H3,(H,27,30). The van der Waals surface area contributed by atoms with E-state index < -0.39 is 11.7 Å². The SMILES string of the molecule is CC(C)c1c(-c2ccc(F)c(C(=O)NC3CCCCC3)c2)nc2c(C#N)c[nH]n2c1=O. The van der Waals surface area contributed by atoms with E-state index in [0.717, 1.165) is 32.1 Å².